The maximum Gasteiger partial charge on any atom is 0.338 e. The average Bonchev–Trinajstić information content (AvgIpc) is 3.44. The van der Waals surface area contributed by atoms with E-state index in [-0.39, 0.29) is 5.97 Å². The summed E-state index contributed by atoms with van der Waals surface area (Å²) in [4.78, 5) is 23.7. The van der Waals surface area contributed by atoms with Gasteiger partial charge in [-0.15, -0.1) is 0 Å². The molecule has 7 nitrogen and oxygen atoms in total. The predicted molar refractivity (Wildman–Crippen MR) is 122 cm³/mol. The molecular weight excluding hydrogens is 414 g/mol. The Morgan fingerprint density at radius 3 is 3.00 bits per heavy atom. The van der Waals surface area contributed by atoms with Crippen LogP contribution in [0.25, 0.3) is 16.9 Å². The normalized spacial score (nSPS) is 15.2. The molecule has 33 heavy (non-hydrogen) atoms. The van der Waals surface area contributed by atoms with Crippen molar-refractivity contribution in [1.82, 2.24) is 19.4 Å². The van der Waals surface area contributed by atoms with Gasteiger partial charge in [-0.1, -0.05) is 12.1 Å². The van der Waals surface area contributed by atoms with E-state index in [0.717, 1.165) is 59.3 Å². The van der Waals surface area contributed by atoms with Gasteiger partial charge in [0.25, 0.3) is 0 Å². The number of nitriles is 1. The highest BCUT2D eigenvalue weighted by atomic mass is 16.5. The topological polar surface area (TPSA) is 84.0 Å². The molecule has 0 N–H and O–H groups in total. The van der Waals surface area contributed by atoms with Gasteiger partial charge in [0.1, 0.15) is 6.61 Å². The number of aromatic nitrogens is 3. The van der Waals surface area contributed by atoms with E-state index in [9.17, 15) is 10.1 Å². The highest BCUT2D eigenvalue weighted by Crippen LogP contribution is 2.28. The molecule has 0 saturated carbocycles. The third kappa shape index (κ3) is 3.19. The van der Waals surface area contributed by atoms with Crippen LogP contribution >= 0.6 is 0 Å². The lowest BCUT2D eigenvalue weighted by Crippen LogP contribution is -2.31. The minimum Gasteiger partial charge on any atom is -0.457 e. The summed E-state index contributed by atoms with van der Waals surface area (Å²) in [6.45, 7) is 4.94. The molecule has 2 aromatic heterocycles. The van der Waals surface area contributed by atoms with Gasteiger partial charge in [-0.25, -0.2) is 14.8 Å². The molecule has 0 unspecified atom stereocenters. The van der Waals surface area contributed by atoms with Gasteiger partial charge in [0.05, 0.1) is 28.4 Å². The quantitative estimate of drug-likeness (QED) is 0.455. The minimum atomic E-state index is -0.223. The summed E-state index contributed by atoms with van der Waals surface area (Å²) in [5, 5.41) is 10.3. The number of cyclic esters (lactones) is 1. The van der Waals surface area contributed by atoms with E-state index in [2.05, 4.69) is 22.9 Å². The van der Waals surface area contributed by atoms with Crippen molar-refractivity contribution in [2.75, 3.05) is 6.54 Å². The molecule has 6 rings (SSSR count). The minimum absolute atomic E-state index is 0.223. The van der Waals surface area contributed by atoms with Crippen LogP contribution in [0.1, 0.15) is 43.9 Å². The Balaban J connectivity index is 1.25. The monoisotopic (exact) mass is 435 g/mol. The fourth-order valence-corrected chi connectivity index (χ4v) is 4.86. The van der Waals surface area contributed by atoms with Gasteiger partial charge >= 0.3 is 5.97 Å². The van der Waals surface area contributed by atoms with E-state index in [0.29, 0.717) is 23.7 Å². The van der Waals surface area contributed by atoms with Crippen LogP contribution in [0.4, 0.5) is 0 Å². The van der Waals surface area contributed by atoms with Crippen molar-refractivity contribution in [3.63, 3.8) is 0 Å². The molecule has 2 aliphatic rings. The number of ether oxygens (including phenoxy) is 1. The van der Waals surface area contributed by atoms with Gasteiger partial charge in [0.15, 0.2) is 0 Å². The number of esters is 1. The Kier molecular flexibility index (Phi) is 4.49. The lowest BCUT2D eigenvalue weighted by molar-refractivity contribution is 0.0535. The molecule has 0 saturated heterocycles. The van der Waals surface area contributed by atoms with E-state index in [4.69, 9.17) is 9.72 Å². The molecule has 2 aromatic carbocycles. The summed E-state index contributed by atoms with van der Waals surface area (Å²) in [7, 11) is 0. The van der Waals surface area contributed by atoms with Crippen molar-refractivity contribution in [3.05, 3.63) is 87.9 Å². The van der Waals surface area contributed by atoms with Crippen molar-refractivity contribution in [2.24, 2.45) is 0 Å². The standard InChI is InChI=1S/C26H21N5O2/c1-16-18(5-6-21-22(16)15-33-25(21)32)13-30-9-8-23-19(14-30)12-28-26(29-23)31-10-7-20-17(11-27)3-2-4-24(20)31/h2-7,10,12H,8-9,13-15H2,1H3. The molecular formula is C26H21N5O2. The van der Waals surface area contributed by atoms with Gasteiger partial charge in [-0.05, 0) is 42.3 Å². The first-order valence-corrected chi connectivity index (χ1v) is 11.0. The maximum atomic E-state index is 11.8. The molecule has 2 aliphatic heterocycles. The van der Waals surface area contributed by atoms with E-state index >= 15 is 0 Å². The second-order valence-corrected chi connectivity index (χ2v) is 8.59. The molecule has 0 amide bonds. The number of rotatable bonds is 3. The smallest absolute Gasteiger partial charge is 0.338 e. The third-order valence-electron chi connectivity index (χ3n) is 6.74. The van der Waals surface area contributed by atoms with Gasteiger partial charge in [0.2, 0.25) is 5.95 Å². The summed E-state index contributed by atoms with van der Waals surface area (Å²) in [5.41, 5.74) is 7.86. The largest absolute Gasteiger partial charge is 0.457 e. The molecule has 0 atom stereocenters. The van der Waals surface area contributed by atoms with Gasteiger partial charge in [-0.3, -0.25) is 9.47 Å². The Morgan fingerprint density at radius 1 is 1.21 bits per heavy atom. The van der Waals surface area contributed by atoms with Gasteiger partial charge in [0, 0.05) is 55.0 Å². The number of hydrogen-bond donors (Lipinski definition) is 0. The van der Waals surface area contributed by atoms with E-state index in [1.807, 2.05) is 53.4 Å². The zero-order chi connectivity index (χ0) is 22.5. The van der Waals surface area contributed by atoms with Crippen LogP contribution in [0.2, 0.25) is 0 Å². The summed E-state index contributed by atoms with van der Waals surface area (Å²) in [5.74, 6) is 0.408. The average molecular weight is 435 g/mol. The van der Waals surface area contributed by atoms with Crippen molar-refractivity contribution in [1.29, 1.82) is 5.26 Å². The van der Waals surface area contributed by atoms with E-state index in [1.54, 1.807) is 0 Å². The van der Waals surface area contributed by atoms with Crippen molar-refractivity contribution < 1.29 is 9.53 Å². The number of benzene rings is 2. The predicted octanol–water partition coefficient (Wildman–Crippen LogP) is 3.83. The van der Waals surface area contributed by atoms with Crippen LogP contribution in [0, 0.1) is 18.3 Å². The number of carbonyl (C=O) groups excluding carboxylic acids is 1. The zero-order valence-corrected chi connectivity index (χ0v) is 18.2. The molecule has 4 aromatic rings. The van der Waals surface area contributed by atoms with Gasteiger partial charge in [-0.2, -0.15) is 5.26 Å². The Morgan fingerprint density at radius 2 is 2.12 bits per heavy atom. The van der Waals surface area contributed by atoms with E-state index in [1.165, 1.54) is 5.56 Å². The Bertz CT molecular complexity index is 1480. The van der Waals surface area contributed by atoms with Crippen molar-refractivity contribution in [3.8, 4) is 12.0 Å². The van der Waals surface area contributed by atoms with Crippen LogP contribution in [0.5, 0.6) is 0 Å². The summed E-state index contributed by atoms with van der Waals surface area (Å²) in [6.07, 6.45) is 4.69. The molecule has 0 bridgehead atoms. The van der Waals surface area contributed by atoms with Crippen LogP contribution in [0.3, 0.4) is 0 Å². The fourth-order valence-electron chi connectivity index (χ4n) is 4.86. The van der Waals surface area contributed by atoms with Crippen molar-refractivity contribution in [2.45, 2.75) is 33.0 Å². The molecule has 0 spiro atoms. The van der Waals surface area contributed by atoms with E-state index < -0.39 is 0 Å². The van der Waals surface area contributed by atoms with Crippen LogP contribution in [-0.2, 0) is 30.9 Å². The summed E-state index contributed by atoms with van der Waals surface area (Å²) >= 11 is 0. The first-order chi connectivity index (χ1) is 16.1. The van der Waals surface area contributed by atoms with Crippen LogP contribution in [-0.4, -0.2) is 31.9 Å². The Labute approximate surface area is 190 Å². The van der Waals surface area contributed by atoms with Gasteiger partial charge < -0.3 is 4.74 Å². The summed E-state index contributed by atoms with van der Waals surface area (Å²) in [6, 6.07) is 13.8. The van der Waals surface area contributed by atoms with Crippen molar-refractivity contribution >= 4 is 16.9 Å². The molecule has 162 valence electrons. The first kappa shape index (κ1) is 19.6. The molecule has 0 radical (unpaired) electrons. The highest BCUT2D eigenvalue weighted by Gasteiger charge is 2.25. The lowest BCUT2D eigenvalue weighted by atomic mass is 9.97. The second kappa shape index (κ2) is 7.54. The molecule has 0 aliphatic carbocycles. The zero-order valence-electron chi connectivity index (χ0n) is 18.2. The third-order valence-corrected chi connectivity index (χ3v) is 6.74. The maximum absolute atomic E-state index is 11.8. The SMILES string of the molecule is Cc1c(CN2CCc3nc(-n4ccc5c(C#N)cccc54)ncc3C2)ccc2c1COC2=O. The number of hydrogen-bond acceptors (Lipinski definition) is 6. The number of nitrogens with zero attached hydrogens (tertiary/aromatic N) is 5. The summed E-state index contributed by atoms with van der Waals surface area (Å²) < 4.78 is 7.13. The Hall–Kier alpha value is -4.02. The molecule has 0 fully saturated rings. The lowest BCUT2D eigenvalue weighted by Gasteiger charge is -2.28. The second-order valence-electron chi connectivity index (χ2n) is 8.59. The first-order valence-electron chi connectivity index (χ1n) is 11.0. The molecule has 4 heterocycles. The fraction of sp³-hybridized carbons (Fsp3) is 0.231. The highest BCUT2D eigenvalue weighted by molar-refractivity contribution is 5.94. The number of fused-ring (bicyclic) bond motifs is 3. The van der Waals surface area contributed by atoms with Crippen LogP contribution in [0.15, 0.2) is 48.8 Å². The molecule has 7 heteroatoms. The number of carbonyl (C=O) groups is 1. The van der Waals surface area contributed by atoms with Crippen LogP contribution < -0.4 is 0 Å².